The lowest BCUT2D eigenvalue weighted by Crippen LogP contribution is -2.51. The highest BCUT2D eigenvalue weighted by atomic mass is 16.3. The van der Waals surface area contributed by atoms with Gasteiger partial charge in [0.25, 0.3) is 0 Å². The lowest BCUT2D eigenvalue weighted by atomic mass is 9.96. The zero-order chi connectivity index (χ0) is 10.9. The van der Waals surface area contributed by atoms with Crippen molar-refractivity contribution in [3.05, 3.63) is 0 Å². The first kappa shape index (κ1) is 11.4. The lowest BCUT2D eigenvalue weighted by molar-refractivity contribution is -0.0112. The molecule has 2 fully saturated rings. The molecule has 0 heterocycles. The van der Waals surface area contributed by atoms with Crippen molar-refractivity contribution < 1.29 is 5.11 Å². The van der Waals surface area contributed by atoms with Crippen LogP contribution in [0.3, 0.4) is 0 Å². The van der Waals surface area contributed by atoms with Crippen LogP contribution in [-0.4, -0.2) is 41.8 Å². The number of rotatable bonds is 5. The molecule has 0 aromatic heterocycles. The molecule has 1 unspecified atom stereocenters. The molecule has 3 nitrogen and oxygen atoms in total. The summed E-state index contributed by atoms with van der Waals surface area (Å²) in [4.78, 5) is 2.33. The van der Waals surface area contributed by atoms with Gasteiger partial charge in [0.2, 0.25) is 0 Å². The molecule has 2 aliphatic carbocycles. The average molecular weight is 212 g/mol. The summed E-state index contributed by atoms with van der Waals surface area (Å²) in [5.74, 6) is 0.464. The summed E-state index contributed by atoms with van der Waals surface area (Å²) in [5.41, 5.74) is 5.10. The van der Waals surface area contributed by atoms with Crippen molar-refractivity contribution in [2.24, 2.45) is 11.7 Å². The Bertz CT molecular complexity index is 212. The van der Waals surface area contributed by atoms with Gasteiger partial charge in [-0.3, -0.25) is 0 Å². The maximum atomic E-state index is 10.4. The van der Waals surface area contributed by atoms with Crippen LogP contribution in [0, 0.1) is 5.92 Å². The molecule has 0 aromatic carbocycles. The fourth-order valence-electron chi connectivity index (χ4n) is 2.89. The van der Waals surface area contributed by atoms with Crippen molar-refractivity contribution in [3.8, 4) is 0 Å². The van der Waals surface area contributed by atoms with Crippen LogP contribution < -0.4 is 5.73 Å². The topological polar surface area (TPSA) is 49.5 Å². The van der Waals surface area contributed by atoms with Gasteiger partial charge in [0.1, 0.15) is 0 Å². The molecule has 0 aromatic rings. The highest BCUT2D eigenvalue weighted by Gasteiger charge is 2.44. The molecule has 2 rings (SSSR count). The molecule has 88 valence electrons. The van der Waals surface area contributed by atoms with E-state index in [4.69, 9.17) is 5.73 Å². The van der Waals surface area contributed by atoms with Crippen LogP contribution in [0.5, 0.6) is 0 Å². The molecule has 0 saturated heterocycles. The molecule has 0 amide bonds. The van der Waals surface area contributed by atoms with Gasteiger partial charge in [-0.15, -0.1) is 0 Å². The smallest absolute Gasteiger partial charge is 0.0923 e. The molecule has 1 atom stereocenters. The Hall–Kier alpha value is -0.120. The van der Waals surface area contributed by atoms with Gasteiger partial charge >= 0.3 is 0 Å². The minimum absolute atomic E-state index is 0.411. The van der Waals surface area contributed by atoms with Gasteiger partial charge in [-0.1, -0.05) is 12.8 Å². The van der Waals surface area contributed by atoms with Crippen molar-refractivity contribution in [3.63, 3.8) is 0 Å². The largest absolute Gasteiger partial charge is 0.387 e. The van der Waals surface area contributed by atoms with E-state index < -0.39 is 5.60 Å². The quantitative estimate of drug-likeness (QED) is 0.713. The Balaban J connectivity index is 1.87. The fraction of sp³-hybridized carbons (Fsp3) is 1.00. The molecule has 3 N–H and O–H groups in total. The summed E-state index contributed by atoms with van der Waals surface area (Å²) in [7, 11) is 2.14. The van der Waals surface area contributed by atoms with Crippen LogP contribution in [0.25, 0.3) is 0 Å². The van der Waals surface area contributed by atoms with Crippen molar-refractivity contribution in [2.75, 3.05) is 20.1 Å². The third-order valence-corrected chi connectivity index (χ3v) is 4.16. The highest BCUT2D eigenvalue weighted by Crippen LogP contribution is 2.40. The van der Waals surface area contributed by atoms with E-state index in [1.54, 1.807) is 0 Å². The van der Waals surface area contributed by atoms with E-state index >= 15 is 0 Å². The highest BCUT2D eigenvalue weighted by molar-refractivity contribution is 4.98. The first-order valence-electron chi connectivity index (χ1n) is 6.28. The van der Waals surface area contributed by atoms with Crippen molar-refractivity contribution in [2.45, 2.75) is 50.2 Å². The van der Waals surface area contributed by atoms with Gasteiger partial charge in [0, 0.05) is 19.1 Å². The number of aliphatic hydroxyl groups is 1. The maximum absolute atomic E-state index is 10.4. The van der Waals surface area contributed by atoms with E-state index in [9.17, 15) is 5.11 Å². The maximum Gasteiger partial charge on any atom is 0.0923 e. The zero-order valence-electron chi connectivity index (χ0n) is 9.78. The lowest BCUT2D eigenvalue weighted by Gasteiger charge is -2.34. The molecule has 15 heavy (non-hydrogen) atoms. The number of nitrogens with zero attached hydrogens (tertiary/aromatic N) is 1. The van der Waals surface area contributed by atoms with Crippen LogP contribution >= 0.6 is 0 Å². The Labute approximate surface area is 92.6 Å². The zero-order valence-corrected chi connectivity index (χ0v) is 9.78. The number of likely N-dealkylation sites (N-methyl/N-ethyl adjacent to an activating group) is 1. The number of nitrogens with two attached hydrogens (primary N) is 1. The summed E-state index contributed by atoms with van der Waals surface area (Å²) in [5, 5.41) is 10.4. The minimum atomic E-state index is -0.614. The Kier molecular flexibility index (Phi) is 3.33. The third-order valence-electron chi connectivity index (χ3n) is 4.16. The average Bonchev–Trinajstić information content (AvgIpc) is 2.94. The van der Waals surface area contributed by atoms with E-state index in [0.717, 1.165) is 19.4 Å². The fourth-order valence-corrected chi connectivity index (χ4v) is 2.89. The second kappa shape index (κ2) is 4.40. The predicted molar refractivity (Wildman–Crippen MR) is 61.6 cm³/mol. The molecule has 0 aliphatic heterocycles. The van der Waals surface area contributed by atoms with Crippen molar-refractivity contribution in [1.29, 1.82) is 0 Å². The van der Waals surface area contributed by atoms with E-state index in [-0.39, 0.29) is 0 Å². The van der Waals surface area contributed by atoms with Crippen LogP contribution in [0.15, 0.2) is 0 Å². The van der Waals surface area contributed by atoms with Gasteiger partial charge in [-0.2, -0.15) is 0 Å². The Morgan fingerprint density at radius 2 is 1.87 bits per heavy atom. The van der Waals surface area contributed by atoms with Gasteiger partial charge in [0.15, 0.2) is 0 Å². The molecule has 3 heteroatoms. The second-order valence-electron chi connectivity index (χ2n) is 5.44. The van der Waals surface area contributed by atoms with E-state index in [1.165, 1.54) is 25.7 Å². The first-order valence-corrected chi connectivity index (χ1v) is 6.28. The number of hydrogen-bond donors (Lipinski definition) is 2. The van der Waals surface area contributed by atoms with Crippen molar-refractivity contribution in [1.82, 2.24) is 4.90 Å². The normalized spacial score (nSPS) is 27.2. The van der Waals surface area contributed by atoms with E-state index in [0.29, 0.717) is 18.5 Å². The molecule has 0 radical (unpaired) electrons. The molecule has 2 saturated carbocycles. The van der Waals surface area contributed by atoms with Crippen LogP contribution in [0.4, 0.5) is 0 Å². The Morgan fingerprint density at radius 1 is 1.27 bits per heavy atom. The van der Waals surface area contributed by atoms with Gasteiger partial charge < -0.3 is 15.7 Å². The second-order valence-corrected chi connectivity index (χ2v) is 5.44. The SMILES string of the molecule is CN(CC(O)(CN)C1CC1)C1CCCC1. The molecular weight excluding hydrogens is 188 g/mol. The first-order chi connectivity index (χ1) is 7.15. The Morgan fingerprint density at radius 3 is 2.33 bits per heavy atom. The van der Waals surface area contributed by atoms with Crippen LogP contribution in [0.1, 0.15) is 38.5 Å². The van der Waals surface area contributed by atoms with E-state index in [2.05, 4.69) is 11.9 Å². The van der Waals surface area contributed by atoms with Gasteiger partial charge in [-0.25, -0.2) is 0 Å². The van der Waals surface area contributed by atoms with Crippen LogP contribution in [-0.2, 0) is 0 Å². The summed E-state index contributed by atoms with van der Waals surface area (Å²) in [6.07, 6.45) is 7.60. The van der Waals surface area contributed by atoms with Gasteiger partial charge in [0.05, 0.1) is 5.60 Å². The standard InChI is InChI=1S/C12H24N2O/c1-14(11-4-2-3-5-11)9-12(15,8-13)10-6-7-10/h10-11,15H,2-9,13H2,1H3. The number of hydrogen-bond acceptors (Lipinski definition) is 3. The molecule has 0 bridgehead atoms. The minimum Gasteiger partial charge on any atom is -0.387 e. The summed E-state index contributed by atoms with van der Waals surface area (Å²) in [6, 6.07) is 0.682. The van der Waals surface area contributed by atoms with Crippen LogP contribution in [0.2, 0.25) is 0 Å². The predicted octanol–water partition coefficient (Wildman–Crippen LogP) is 0.961. The summed E-state index contributed by atoms with van der Waals surface area (Å²) in [6.45, 7) is 1.17. The third kappa shape index (κ3) is 2.52. The van der Waals surface area contributed by atoms with E-state index in [1.807, 2.05) is 0 Å². The van der Waals surface area contributed by atoms with Crippen molar-refractivity contribution >= 4 is 0 Å². The molecule has 0 spiro atoms. The van der Waals surface area contributed by atoms with Gasteiger partial charge in [-0.05, 0) is 38.6 Å². The molecule has 2 aliphatic rings. The molecular formula is C12H24N2O. The summed E-state index contributed by atoms with van der Waals surface area (Å²) < 4.78 is 0. The summed E-state index contributed by atoms with van der Waals surface area (Å²) >= 11 is 0. The monoisotopic (exact) mass is 212 g/mol.